The number of benzene rings is 1. The van der Waals surface area contributed by atoms with E-state index < -0.39 is 10.0 Å². The van der Waals surface area contributed by atoms with Gasteiger partial charge in [0.05, 0.1) is 17.1 Å². The van der Waals surface area contributed by atoms with Gasteiger partial charge in [-0.3, -0.25) is 4.98 Å². The Balaban J connectivity index is 2.27. The fourth-order valence-electron chi connectivity index (χ4n) is 2.04. The molecule has 0 saturated heterocycles. The van der Waals surface area contributed by atoms with Crippen LogP contribution >= 0.6 is 0 Å². The summed E-state index contributed by atoms with van der Waals surface area (Å²) in [5, 5.41) is 0. The molecule has 2 rings (SSSR count). The van der Waals surface area contributed by atoms with Gasteiger partial charge in [-0.15, -0.1) is 0 Å². The molecule has 0 amide bonds. The van der Waals surface area contributed by atoms with Crippen molar-refractivity contribution >= 4 is 15.7 Å². The van der Waals surface area contributed by atoms with E-state index in [4.69, 9.17) is 5.73 Å². The van der Waals surface area contributed by atoms with E-state index in [-0.39, 0.29) is 11.4 Å². The second kappa shape index (κ2) is 6.24. The van der Waals surface area contributed by atoms with Crippen LogP contribution in [0.1, 0.15) is 18.2 Å². The van der Waals surface area contributed by atoms with E-state index in [0.717, 1.165) is 12.0 Å². The first-order chi connectivity index (χ1) is 9.95. The molecule has 1 aromatic carbocycles. The molecule has 0 saturated carbocycles. The molecule has 5 nitrogen and oxygen atoms in total. The van der Waals surface area contributed by atoms with Crippen LogP contribution in [0.2, 0.25) is 0 Å². The lowest BCUT2D eigenvalue weighted by Crippen LogP contribution is -2.27. The van der Waals surface area contributed by atoms with Crippen LogP contribution in [0.4, 0.5) is 5.69 Å². The first kappa shape index (κ1) is 15.5. The van der Waals surface area contributed by atoms with Gasteiger partial charge in [0.15, 0.2) is 0 Å². The van der Waals surface area contributed by atoms with Crippen LogP contribution in [-0.2, 0) is 23.0 Å². The fourth-order valence-corrected chi connectivity index (χ4v) is 3.22. The lowest BCUT2D eigenvalue weighted by molar-refractivity contribution is 0.462. The maximum absolute atomic E-state index is 12.5. The zero-order valence-corrected chi connectivity index (χ0v) is 13.0. The summed E-state index contributed by atoms with van der Waals surface area (Å²) in [7, 11) is -2.04. The summed E-state index contributed by atoms with van der Waals surface area (Å²) in [6, 6.07) is 10.3. The highest BCUT2D eigenvalue weighted by Crippen LogP contribution is 2.21. The molecule has 0 fully saturated rings. The number of hydrogen-bond acceptors (Lipinski definition) is 4. The topological polar surface area (TPSA) is 76.3 Å². The Kier molecular flexibility index (Phi) is 4.59. The van der Waals surface area contributed by atoms with Crippen LogP contribution in [0.25, 0.3) is 0 Å². The number of aromatic nitrogens is 1. The smallest absolute Gasteiger partial charge is 0.243 e. The zero-order valence-electron chi connectivity index (χ0n) is 12.2. The van der Waals surface area contributed by atoms with Gasteiger partial charge < -0.3 is 5.73 Å². The molecular formula is C15H19N3O2S. The standard InChI is InChI=1S/C15H19N3O2S/c1-3-12-7-8-14(10-15(12)16)21(19,20)18(2)11-13-6-4-5-9-17-13/h4-10H,3,11,16H2,1-2H3. The molecule has 21 heavy (non-hydrogen) atoms. The minimum absolute atomic E-state index is 0.204. The number of sulfonamides is 1. The largest absolute Gasteiger partial charge is 0.398 e. The summed E-state index contributed by atoms with van der Waals surface area (Å²) in [5.41, 5.74) is 8.03. The van der Waals surface area contributed by atoms with Crippen molar-refractivity contribution in [2.45, 2.75) is 24.8 Å². The number of nitrogens with zero attached hydrogens (tertiary/aromatic N) is 2. The maximum Gasteiger partial charge on any atom is 0.243 e. The molecule has 0 aliphatic rings. The lowest BCUT2D eigenvalue weighted by Gasteiger charge is -2.17. The summed E-state index contributed by atoms with van der Waals surface area (Å²) < 4.78 is 26.3. The molecule has 6 heteroatoms. The highest BCUT2D eigenvalue weighted by Gasteiger charge is 2.21. The molecule has 2 aromatic rings. The Morgan fingerprint density at radius 2 is 2.00 bits per heavy atom. The van der Waals surface area contributed by atoms with E-state index in [1.54, 1.807) is 30.5 Å². The van der Waals surface area contributed by atoms with Crippen LogP contribution in [-0.4, -0.2) is 24.8 Å². The molecule has 0 bridgehead atoms. The minimum atomic E-state index is -3.57. The molecule has 0 aliphatic heterocycles. The van der Waals surface area contributed by atoms with E-state index in [0.29, 0.717) is 11.4 Å². The van der Waals surface area contributed by atoms with Gasteiger partial charge in [0.1, 0.15) is 0 Å². The van der Waals surface area contributed by atoms with Crippen molar-refractivity contribution in [3.63, 3.8) is 0 Å². The highest BCUT2D eigenvalue weighted by molar-refractivity contribution is 7.89. The van der Waals surface area contributed by atoms with Crippen molar-refractivity contribution in [3.05, 3.63) is 53.9 Å². The van der Waals surface area contributed by atoms with Gasteiger partial charge in [-0.05, 0) is 36.2 Å². The monoisotopic (exact) mass is 305 g/mol. The fraction of sp³-hybridized carbons (Fsp3) is 0.267. The number of nitrogens with two attached hydrogens (primary N) is 1. The van der Waals surface area contributed by atoms with Crippen LogP contribution in [0.15, 0.2) is 47.5 Å². The van der Waals surface area contributed by atoms with Gasteiger partial charge >= 0.3 is 0 Å². The predicted molar refractivity (Wildman–Crippen MR) is 83.1 cm³/mol. The normalized spacial score (nSPS) is 11.8. The van der Waals surface area contributed by atoms with Gasteiger partial charge in [-0.2, -0.15) is 4.31 Å². The second-order valence-electron chi connectivity index (χ2n) is 4.80. The van der Waals surface area contributed by atoms with E-state index in [1.165, 1.54) is 17.4 Å². The van der Waals surface area contributed by atoms with E-state index >= 15 is 0 Å². The molecular weight excluding hydrogens is 286 g/mol. The zero-order chi connectivity index (χ0) is 15.5. The van der Waals surface area contributed by atoms with Crippen LogP contribution in [0.3, 0.4) is 0 Å². The SMILES string of the molecule is CCc1ccc(S(=O)(=O)N(C)Cc2ccccn2)cc1N. The molecule has 0 unspecified atom stereocenters. The molecule has 0 radical (unpaired) electrons. The van der Waals surface area contributed by atoms with Crippen molar-refractivity contribution < 1.29 is 8.42 Å². The van der Waals surface area contributed by atoms with Gasteiger partial charge in [-0.1, -0.05) is 19.1 Å². The number of hydrogen-bond donors (Lipinski definition) is 1. The first-order valence-corrected chi connectivity index (χ1v) is 8.13. The Hall–Kier alpha value is -1.92. The molecule has 2 N–H and O–H groups in total. The first-order valence-electron chi connectivity index (χ1n) is 6.69. The number of rotatable bonds is 5. The highest BCUT2D eigenvalue weighted by atomic mass is 32.2. The molecule has 0 aliphatic carbocycles. The van der Waals surface area contributed by atoms with Crippen LogP contribution in [0.5, 0.6) is 0 Å². The molecule has 0 atom stereocenters. The molecule has 0 spiro atoms. The summed E-state index contributed by atoms with van der Waals surface area (Å²) >= 11 is 0. The van der Waals surface area contributed by atoms with Crippen LogP contribution < -0.4 is 5.73 Å². The summed E-state index contributed by atoms with van der Waals surface area (Å²) in [4.78, 5) is 4.34. The lowest BCUT2D eigenvalue weighted by atomic mass is 10.1. The van der Waals surface area contributed by atoms with Gasteiger partial charge in [0, 0.05) is 18.9 Å². The van der Waals surface area contributed by atoms with Crippen LogP contribution in [0, 0.1) is 0 Å². The molecule has 112 valence electrons. The van der Waals surface area contributed by atoms with Gasteiger partial charge in [0.25, 0.3) is 0 Å². The van der Waals surface area contributed by atoms with E-state index in [9.17, 15) is 8.42 Å². The number of nitrogen functional groups attached to an aromatic ring is 1. The van der Waals surface area contributed by atoms with Crippen molar-refractivity contribution in [2.75, 3.05) is 12.8 Å². The Morgan fingerprint density at radius 3 is 2.57 bits per heavy atom. The van der Waals surface area contributed by atoms with Crippen molar-refractivity contribution in [3.8, 4) is 0 Å². The Labute approximate surface area is 125 Å². The summed E-state index contributed by atoms with van der Waals surface area (Å²) in [5.74, 6) is 0. The average molecular weight is 305 g/mol. The summed E-state index contributed by atoms with van der Waals surface area (Å²) in [6.45, 7) is 2.20. The van der Waals surface area contributed by atoms with Crippen molar-refractivity contribution in [1.82, 2.24) is 9.29 Å². The third-order valence-corrected chi connectivity index (χ3v) is 5.12. The number of anilines is 1. The third-order valence-electron chi connectivity index (χ3n) is 3.32. The maximum atomic E-state index is 12.5. The minimum Gasteiger partial charge on any atom is -0.398 e. The van der Waals surface area contributed by atoms with Gasteiger partial charge in [0.2, 0.25) is 10.0 Å². The molecule has 1 aromatic heterocycles. The van der Waals surface area contributed by atoms with E-state index in [2.05, 4.69) is 4.98 Å². The predicted octanol–water partition coefficient (Wildman–Crippen LogP) is 2.05. The summed E-state index contributed by atoms with van der Waals surface area (Å²) in [6.07, 6.45) is 2.42. The Morgan fingerprint density at radius 1 is 1.24 bits per heavy atom. The third kappa shape index (κ3) is 3.40. The van der Waals surface area contributed by atoms with Crippen molar-refractivity contribution in [1.29, 1.82) is 0 Å². The number of aryl methyl sites for hydroxylation is 1. The number of pyridine rings is 1. The molecule has 1 heterocycles. The quantitative estimate of drug-likeness (QED) is 0.858. The van der Waals surface area contributed by atoms with Gasteiger partial charge in [-0.25, -0.2) is 8.42 Å². The van der Waals surface area contributed by atoms with E-state index in [1.807, 2.05) is 13.0 Å². The van der Waals surface area contributed by atoms with Crippen molar-refractivity contribution in [2.24, 2.45) is 0 Å². The average Bonchev–Trinajstić information content (AvgIpc) is 2.48. The Bertz CT molecular complexity index is 715. The second-order valence-corrected chi connectivity index (χ2v) is 6.84.